The van der Waals surface area contributed by atoms with Gasteiger partial charge in [0.25, 0.3) is 0 Å². The van der Waals surface area contributed by atoms with Gasteiger partial charge in [0, 0.05) is 25.8 Å². The molecule has 0 aromatic heterocycles. The molecule has 0 radical (unpaired) electrons. The minimum Gasteiger partial charge on any atom is -0.466 e. The maximum atomic E-state index is 12.2. The van der Waals surface area contributed by atoms with Crippen LogP contribution in [0.5, 0.6) is 0 Å². The minimum absolute atomic E-state index is 0.0810. The highest BCUT2D eigenvalue weighted by molar-refractivity contribution is 5.79. The van der Waals surface area contributed by atoms with E-state index in [2.05, 4.69) is 0 Å². The Hall–Kier alpha value is -2.14. The van der Waals surface area contributed by atoms with Crippen molar-refractivity contribution in [2.45, 2.75) is 70.4 Å². The molecular weight excluding hydrogens is 354 g/mol. The average Bonchev–Trinajstić information content (AvgIpc) is 3.03. The Morgan fingerprint density at radius 2 is 2.00 bits per heavy atom. The highest BCUT2D eigenvalue weighted by Crippen LogP contribution is 2.21. The summed E-state index contributed by atoms with van der Waals surface area (Å²) in [6, 6.07) is 9.99. The first-order valence-corrected chi connectivity index (χ1v) is 10.5. The average molecular weight is 388 g/mol. The fourth-order valence-electron chi connectivity index (χ4n) is 3.56. The maximum Gasteiger partial charge on any atom is 0.305 e. The highest BCUT2D eigenvalue weighted by Gasteiger charge is 2.28. The summed E-state index contributed by atoms with van der Waals surface area (Å²) in [6.45, 7) is 2.99. The molecule has 1 N–H and O–H groups in total. The quantitative estimate of drug-likeness (QED) is 0.338. The molecule has 0 bridgehead atoms. The molecule has 154 valence electrons. The molecule has 0 saturated carbocycles. The van der Waals surface area contributed by atoms with E-state index in [0.29, 0.717) is 25.9 Å². The van der Waals surface area contributed by atoms with E-state index in [1.54, 1.807) is 0 Å². The first-order chi connectivity index (χ1) is 13.6. The van der Waals surface area contributed by atoms with Gasteiger partial charge >= 0.3 is 5.97 Å². The van der Waals surface area contributed by atoms with E-state index in [0.717, 1.165) is 44.2 Å². The number of amides is 1. The molecule has 1 aromatic carbocycles. The van der Waals surface area contributed by atoms with E-state index in [-0.39, 0.29) is 17.9 Å². The van der Waals surface area contributed by atoms with Crippen LogP contribution >= 0.6 is 0 Å². The summed E-state index contributed by atoms with van der Waals surface area (Å²) in [5, 5.41) is 10.2. The number of rotatable bonds is 12. The molecule has 0 aliphatic carbocycles. The van der Waals surface area contributed by atoms with Gasteiger partial charge in [-0.05, 0) is 31.7 Å². The molecule has 2 rings (SSSR count). The molecular formula is C23H33NO4. The molecule has 1 saturated heterocycles. The second kappa shape index (κ2) is 12.3. The van der Waals surface area contributed by atoms with Gasteiger partial charge in [0.05, 0.1) is 18.8 Å². The Kier molecular flexibility index (Phi) is 9.77. The molecule has 2 atom stereocenters. The summed E-state index contributed by atoms with van der Waals surface area (Å²) in [5.41, 5.74) is 1.10. The van der Waals surface area contributed by atoms with Crippen LogP contribution in [0.4, 0.5) is 0 Å². The molecule has 0 spiro atoms. The van der Waals surface area contributed by atoms with Crippen molar-refractivity contribution < 1.29 is 19.4 Å². The number of ether oxygens (including phenoxy) is 1. The number of nitrogens with zero attached hydrogens (tertiary/aromatic N) is 1. The lowest BCUT2D eigenvalue weighted by Gasteiger charge is -2.22. The molecule has 1 amide bonds. The number of carbonyl (C=O) groups is 2. The van der Waals surface area contributed by atoms with Gasteiger partial charge in [-0.1, -0.05) is 55.3 Å². The summed E-state index contributed by atoms with van der Waals surface area (Å²) in [7, 11) is 0. The zero-order chi connectivity index (χ0) is 20.2. The van der Waals surface area contributed by atoms with Crippen molar-refractivity contribution in [1.29, 1.82) is 0 Å². The van der Waals surface area contributed by atoms with Crippen molar-refractivity contribution in [2.24, 2.45) is 0 Å². The number of likely N-dealkylation sites (tertiary alicyclic amines) is 1. The van der Waals surface area contributed by atoms with Crippen LogP contribution < -0.4 is 0 Å². The Morgan fingerprint density at radius 1 is 1.25 bits per heavy atom. The standard InChI is InChI=1S/C23H33NO4/c1-2-28-23(27)12-8-3-4-9-17-24-20(14-16-22(24)26)13-15-21(25)18-19-10-6-5-7-11-19/h5-7,10-11,13,15,20-21,25H,2-4,8-9,12,14,16-18H2,1H3/t20-,21?/m0/s1. The highest BCUT2D eigenvalue weighted by atomic mass is 16.5. The molecule has 5 nitrogen and oxygen atoms in total. The minimum atomic E-state index is -0.539. The molecule has 5 heteroatoms. The smallest absolute Gasteiger partial charge is 0.305 e. The zero-order valence-corrected chi connectivity index (χ0v) is 16.9. The van der Waals surface area contributed by atoms with Crippen LogP contribution in [0.2, 0.25) is 0 Å². The van der Waals surface area contributed by atoms with Crippen molar-refractivity contribution in [3.8, 4) is 0 Å². The second-order valence-electron chi connectivity index (χ2n) is 7.30. The van der Waals surface area contributed by atoms with Crippen molar-refractivity contribution in [1.82, 2.24) is 4.90 Å². The third kappa shape index (κ3) is 7.85. The summed E-state index contributed by atoms with van der Waals surface area (Å²) in [6.07, 6.45) is 9.45. The lowest BCUT2D eigenvalue weighted by Crippen LogP contribution is -2.32. The third-order valence-corrected chi connectivity index (χ3v) is 5.05. The Balaban J connectivity index is 1.69. The largest absolute Gasteiger partial charge is 0.466 e. The van der Waals surface area contributed by atoms with Crippen molar-refractivity contribution >= 4 is 11.9 Å². The van der Waals surface area contributed by atoms with E-state index in [4.69, 9.17) is 4.74 Å². The lowest BCUT2D eigenvalue weighted by molar-refractivity contribution is -0.143. The second-order valence-corrected chi connectivity index (χ2v) is 7.30. The van der Waals surface area contributed by atoms with Crippen LogP contribution in [0.15, 0.2) is 42.5 Å². The molecule has 28 heavy (non-hydrogen) atoms. The molecule has 1 aliphatic rings. The van der Waals surface area contributed by atoms with Gasteiger partial charge in [-0.15, -0.1) is 0 Å². The number of carbonyl (C=O) groups excluding carboxylic acids is 2. The Morgan fingerprint density at radius 3 is 2.75 bits per heavy atom. The fraction of sp³-hybridized carbons (Fsp3) is 0.565. The van der Waals surface area contributed by atoms with Crippen LogP contribution in [-0.4, -0.2) is 47.2 Å². The normalized spacial score (nSPS) is 18.0. The van der Waals surface area contributed by atoms with Crippen LogP contribution in [0.3, 0.4) is 0 Å². The Labute approximate surface area is 168 Å². The van der Waals surface area contributed by atoms with E-state index in [1.165, 1.54) is 0 Å². The van der Waals surface area contributed by atoms with Gasteiger partial charge < -0.3 is 14.7 Å². The summed E-state index contributed by atoms with van der Waals surface area (Å²) >= 11 is 0. The van der Waals surface area contributed by atoms with E-state index in [9.17, 15) is 14.7 Å². The zero-order valence-electron chi connectivity index (χ0n) is 16.9. The number of aliphatic hydroxyl groups excluding tert-OH is 1. The maximum absolute atomic E-state index is 12.2. The summed E-state index contributed by atoms with van der Waals surface area (Å²) in [5.74, 6) is 0.0650. The number of unbranched alkanes of at least 4 members (excludes halogenated alkanes) is 3. The van der Waals surface area contributed by atoms with Gasteiger partial charge in [-0.3, -0.25) is 9.59 Å². The van der Waals surface area contributed by atoms with Crippen LogP contribution in [0.25, 0.3) is 0 Å². The van der Waals surface area contributed by atoms with Crippen molar-refractivity contribution in [3.63, 3.8) is 0 Å². The Bertz CT molecular complexity index is 629. The number of hydrogen-bond donors (Lipinski definition) is 1. The number of benzene rings is 1. The molecule has 1 aromatic rings. The predicted octanol–water partition coefficient (Wildman–Crippen LogP) is 3.65. The van der Waals surface area contributed by atoms with E-state index < -0.39 is 6.10 Å². The van der Waals surface area contributed by atoms with Gasteiger partial charge in [-0.25, -0.2) is 0 Å². The predicted molar refractivity (Wildman–Crippen MR) is 110 cm³/mol. The molecule has 1 unspecified atom stereocenters. The fourth-order valence-corrected chi connectivity index (χ4v) is 3.56. The first kappa shape index (κ1) is 22.2. The van der Waals surface area contributed by atoms with Gasteiger partial charge in [0.1, 0.15) is 0 Å². The molecule has 1 heterocycles. The molecule has 1 fully saturated rings. The third-order valence-electron chi connectivity index (χ3n) is 5.05. The molecule has 1 aliphatic heterocycles. The SMILES string of the molecule is CCOC(=O)CCCCCCN1C(=O)CC[C@@H]1C=CC(O)Cc1ccccc1. The lowest BCUT2D eigenvalue weighted by atomic mass is 10.1. The van der Waals surface area contributed by atoms with E-state index in [1.807, 2.05) is 54.3 Å². The van der Waals surface area contributed by atoms with Crippen LogP contribution in [0.1, 0.15) is 57.4 Å². The summed E-state index contributed by atoms with van der Waals surface area (Å²) in [4.78, 5) is 25.4. The van der Waals surface area contributed by atoms with Crippen molar-refractivity contribution in [3.05, 3.63) is 48.0 Å². The van der Waals surface area contributed by atoms with Gasteiger partial charge in [0.15, 0.2) is 0 Å². The topological polar surface area (TPSA) is 66.8 Å². The number of esters is 1. The summed E-state index contributed by atoms with van der Waals surface area (Å²) < 4.78 is 4.92. The first-order valence-electron chi connectivity index (χ1n) is 10.5. The number of aliphatic hydroxyl groups is 1. The van der Waals surface area contributed by atoms with Crippen molar-refractivity contribution in [2.75, 3.05) is 13.2 Å². The van der Waals surface area contributed by atoms with E-state index >= 15 is 0 Å². The van der Waals surface area contributed by atoms with Crippen LogP contribution in [-0.2, 0) is 20.7 Å². The van der Waals surface area contributed by atoms with Crippen LogP contribution in [0, 0.1) is 0 Å². The van der Waals surface area contributed by atoms with Gasteiger partial charge in [0.2, 0.25) is 5.91 Å². The monoisotopic (exact) mass is 387 g/mol. The van der Waals surface area contributed by atoms with Gasteiger partial charge in [-0.2, -0.15) is 0 Å². The number of hydrogen-bond acceptors (Lipinski definition) is 4.